The van der Waals surface area contributed by atoms with Crippen molar-refractivity contribution in [3.63, 3.8) is 0 Å². The molecule has 0 spiro atoms. The van der Waals surface area contributed by atoms with Gasteiger partial charge in [-0.2, -0.15) is 0 Å². The summed E-state index contributed by atoms with van der Waals surface area (Å²) >= 11 is 0. The summed E-state index contributed by atoms with van der Waals surface area (Å²) in [6.07, 6.45) is 1.04. The third kappa shape index (κ3) is 11.6. The Kier molecular flexibility index (Phi) is 11.1. The molecule has 2 atom stereocenters. The van der Waals surface area contributed by atoms with E-state index in [4.69, 9.17) is 20.3 Å². The van der Waals surface area contributed by atoms with Crippen LogP contribution >= 0.6 is 0 Å². The van der Waals surface area contributed by atoms with Crippen molar-refractivity contribution in [1.29, 1.82) is 0 Å². The van der Waals surface area contributed by atoms with Crippen LogP contribution in [0.2, 0.25) is 0 Å². The minimum Gasteiger partial charge on any atom is -0.481 e. The van der Waals surface area contributed by atoms with E-state index in [1.807, 2.05) is 0 Å². The number of amides is 2. The van der Waals surface area contributed by atoms with Crippen LogP contribution in [0.3, 0.4) is 0 Å². The van der Waals surface area contributed by atoms with Gasteiger partial charge >= 0.3 is 12.1 Å². The van der Waals surface area contributed by atoms with Crippen LogP contribution in [0, 0.1) is 5.82 Å². The average Bonchev–Trinajstić information content (AvgIpc) is 2.65. The zero-order valence-electron chi connectivity index (χ0n) is 19.3. The first-order valence-electron chi connectivity index (χ1n) is 10.8. The van der Waals surface area contributed by atoms with Gasteiger partial charge in [-0.3, -0.25) is 9.59 Å². The second-order valence-electron chi connectivity index (χ2n) is 8.80. The van der Waals surface area contributed by atoms with Gasteiger partial charge in [-0.1, -0.05) is 12.1 Å². The van der Waals surface area contributed by atoms with E-state index in [-0.39, 0.29) is 25.9 Å². The number of carbonyl (C=O) groups is 3. The summed E-state index contributed by atoms with van der Waals surface area (Å²) in [6, 6.07) is 4.30. The van der Waals surface area contributed by atoms with E-state index in [0.29, 0.717) is 24.8 Å². The predicted octanol–water partition coefficient (Wildman–Crippen LogP) is 3.69. The van der Waals surface area contributed by atoms with E-state index in [1.165, 1.54) is 6.07 Å². The van der Waals surface area contributed by atoms with Crippen molar-refractivity contribution in [2.24, 2.45) is 5.73 Å². The molecule has 0 saturated carbocycles. The van der Waals surface area contributed by atoms with Crippen LogP contribution in [-0.2, 0) is 32.1 Å². The fraction of sp³-hybridized carbons (Fsp3) is 0.609. The average molecular weight is 455 g/mol. The van der Waals surface area contributed by atoms with Gasteiger partial charge in [-0.05, 0) is 65.0 Å². The normalized spacial score (nSPS) is 13.3. The molecule has 32 heavy (non-hydrogen) atoms. The first-order valence-corrected chi connectivity index (χ1v) is 10.8. The lowest BCUT2D eigenvalue weighted by Crippen LogP contribution is -2.45. The van der Waals surface area contributed by atoms with Crippen molar-refractivity contribution in [1.82, 2.24) is 5.32 Å². The number of alkyl carbamates (subject to hydrolysis) is 1. The molecule has 0 unspecified atom stereocenters. The quantitative estimate of drug-likeness (QED) is 0.390. The molecule has 0 bridgehead atoms. The summed E-state index contributed by atoms with van der Waals surface area (Å²) in [4.78, 5) is 33.9. The zero-order chi connectivity index (χ0) is 24.3. The maximum absolute atomic E-state index is 14.5. The third-order valence-corrected chi connectivity index (χ3v) is 4.70. The summed E-state index contributed by atoms with van der Waals surface area (Å²) < 4.78 is 25.5. The fourth-order valence-corrected chi connectivity index (χ4v) is 2.99. The number of hydrogen-bond donors (Lipinski definition) is 3. The molecule has 0 aromatic heterocycles. The van der Waals surface area contributed by atoms with Crippen LogP contribution in [0.25, 0.3) is 0 Å². The summed E-state index contributed by atoms with van der Waals surface area (Å²) in [5, 5.41) is 11.4. The number of benzene rings is 1. The van der Waals surface area contributed by atoms with E-state index in [9.17, 15) is 18.8 Å². The third-order valence-electron chi connectivity index (χ3n) is 4.70. The molecule has 4 N–H and O–H groups in total. The topological polar surface area (TPSA) is 128 Å². The van der Waals surface area contributed by atoms with Gasteiger partial charge in [0.25, 0.3) is 0 Å². The number of primary amides is 1. The van der Waals surface area contributed by atoms with E-state index in [0.717, 1.165) is 5.56 Å². The maximum Gasteiger partial charge on any atom is 0.407 e. The number of halogens is 1. The van der Waals surface area contributed by atoms with Crippen LogP contribution in [0.15, 0.2) is 18.2 Å². The van der Waals surface area contributed by atoms with Crippen molar-refractivity contribution >= 4 is 18.0 Å². The van der Waals surface area contributed by atoms with Crippen molar-refractivity contribution in [2.75, 3.05) is 0 Å². The van der Waals surface area contributed by atoms with Gasteiger partial charge in [-0.25, -0.2) is 9.18 Å². The predicted molar refractivity (Wildman–Crippen MR) is 117 cm³/mol. The van der Waals surface area contributed by atoms with E-state index in [2.05, 4.69) is 5.32 Å². The Bertz CT molecular complexity index is 778. The molecule has 0 aliphatic heterocycles. The Labute approximate surface area is 188 Å². The molecule has 180 valence electrons. The van der Waals surface area contributed by atoms with Gasteiger partial charge in [0.05, 0.1) is 18.8 Å². The maximum atomic E-state index is 14.5. The smallest absolute Gasteiger partial charge is 0.407 e. The highest BCUT2D eigenvalue weighted by Crippen LogP contribution is 2.17. The lowest BCUT2D eigenvalue weighted by molar-refractivity contribution is -0.137. The molecule has 1 aromatic carbocycles. The number of aryl methyl sites for hydroxylation is 1. The van der Waals surface area contributed by atoms with E-state index >= 15 is 0 Å². The number of carbonyl (C=O) groups excluding carboxylic acids is 2. The second kappa shape index (κ2) is 13.0. The monoisotopic (exact) mass is 454 g/mol. The highest BCUT2D eigenvalue weighted by Gasteiger charge is 2.24. The van der Waals surface area contributed by atoms with Gasteiger partial charge < -0.3 is 25.6 Å². The summed E-state index contributed by atoms with van der Waals surface area (Å²) in [5.41, 5.74) is 5.69. The molecule has 9 heteroatoms. The Hall–Kier alpha value is -2.68. The summed E-state index contributed by atoms with van der Waals surface area (Å²) in [6.45, 7) is 6.92. The highest BCUT2D eigenvalue weighted by molar-refractivity contribution is 5.74. The van der Waals surface area contributed by atoms with Crippen molar-refractivity contribution < 1.29 is 33.4 Å². The molecule has 0 fully saturated rings. The van der Waals surface area contributed by atoms with E-state index in [1.54, 1.807) is 39.8 Å². The molecular formula is C23H35FN2O6. The number of ether oxygens (including phenoxy) is 2. The van der Waals surface area contributed by atoms with Gasteiger partial charge in [0.1, 0.15) is 11.4 Å². The van der Waals surface area contributed by atoms with Crippen molar-refractivity contribution in [3.8, 4) is 0 Å². The standard InChI is InChI=1S/C23H35FN2O6/c1-15(19(11-12-20(25)27)26-22(30)32-23(2,3)4)31-14-17-10-9-16(13-18(17)24)7-5-6-8-21(28)29/h9-10,13,15,19H,5-8,11-12,14H2,1-4H3,(H2,25,27)(H,26,30)(H,28,29)/t15-,19+/m1/s1. The molecule has 1 rings (SSSR count). The van der Waals surface area contributed by atoms with Crippen molar-refractivity contribution in [3.05, 3.63) is 35.1 Å². The van der Waals surface area contributed by atoms with Gasteiger partial charge in [-0.15, -0.1) is 0 Å². The first kappa shape index (κ1) is 27.4. The van der Waals surface area contributed by atoms with Gasteiger partial charge in [0, 0.05) is 18.4 Å². The van der Waals surface area contributed by atoms with E-state index < -0.39 is 41.5 Å². The lowest BCUT2D eigenvalue weighted by Gasteiger charge is -2.27. The molecule has 1 aromatic rings. The second-order valence-corrected chi connectivity index (χ2v) is 8.80. The molecule has 0 heterocycles. The number of nitrogens with one attached hydrogen (secondary N) is 1. The molecule has 0 aliphatic carbocycles. The fourth-order valence-electron chi connectivity index (χ4n) is 2.99. The van der Waals surface area contributed by atoms with Gasteiger partial charge in [0.2, 0.25) is 5.91 Å². The molecule has 0 aliphatic rings. The zero-order valence-corrected chi connectivity index (χ0v) is 19.3. The number of nitrogens with two attached hydrogens (primary N) is 1. The Morgan fingerprint density at radius 3 is 2.44 bits per heavy atom. The molecular weight excluding hydrogens is 419 g/mol. The molecule has 2 amide bonds. The van der Waals surface area contributed by atoms with Crippen LogP contribution in [0.4, 0.5) is 9.18 Å². The highest BCUT2D eigenvalue weighted by atomic mass is 19.1. The largest absolute Gasteiger partial charge is 0.481 e. The molecule has 0 radical (unpaired) electrons. The number of carboxylic acid groups (broad SMARTS) is 1. The molecule has 0 saturated heterocycles. The minimum absolute atomic E-state index is 0.0185. The lowest BCUT2D eigenvalue weighted by atomic mass is 10.0. The minimum atomic E-state index is -0.840. The number of aliphatic carboxylic acids is 1. The van der Waals surface area contributed by atoms with Crippen LogP contribution in [0.5, 0.6) is 0 Å². The Balaban J connectivity index is 2.67. The number of hydrogen-bond acceptors (Lipinski definition) is 5. The van der Waals surface area contributed by atoms with Crippen LogP contribution in [0.1, 0.15) is 70.9 Å². The van der Waals surface area contributed by atoms with Crippen molar-refractivity contribution in [2.45, 2.75) is 90.6 Å². The number of rotatable bonds is 13. The summed E-state index contributed by atoms with van der Waals surface area (Å²) in [7, 11) is 0. The summed E-state index contributed by atoms with van der Waals surface area (Å²) in [5.74, 6) is -1.76. The Morgan fingerprint density at radius 2 is 1.88 bits per heavy atom. The first-order chi connectivity index (χ1) is 14.9. The SMILES string of the molecule is C[C@@H](OCc1ccc(CCCCC(=O)O)cc1F)[C@H](CCC(N)=O)NC(=O)OC(C)(C)C. The number of carboxylic acids is 1. The molecule has 8 nitrogen and oxygen atoms in total. The number of unbranched alkanes of at least 4 members (excludes halogenated alkanes) is 1. The Morgan fingerprint density at radius 1 is 1.19 bits per heavy atom. The van der Waals surface area contributed by atoms with Crippen LogP contribution in [-0.4, -0.2) is 40.8 Å². The van der Waals surface area contributed by atoms with Gasteiger partial charge in [0.15, 0.2) is 0 Å². The van der Waals surface area contributed by atoms with Crippen LogP contribution < -0.4 is 11.1 Å².